The van der Waals surface area contributed by atoms with Crippen LogP contribution < -0.4 is 26.6 Å². The van der Waals surface area contributed by atoms with Crippen LogP contribution >= 0.6 is 0 Å². The van der Waals surface area contributed by atoms with E-state index in [-0.39, 0.29) is 6.42 Å². The molecular weight excluding hydrogens is 1920 g/mol. The van der Waals surface area contributed by atoms with Crippen LogP contribution in [0.1, 0.15) is 215 Å². The smallest absolute Gasteiger partial charge is 0.364 e. The molecule has 5 amide bonds. The molecule has 16 unspecified atom stereocenters. The number of hydrogen-bond acceptors (Lipinski definition) is 45. The fourth-order valence-corrected chi connectivity index (χ4v) is 19.1. The van der Waals surface area contributed by atoms with Crippen molar-refractivity contribution in [1.82, 2.24) is 26.6 Å². The Morgan fingerprint density at radius 3 is 1.21 bits per heavy atom. The second-order valence-electron chi connectivity index (χ2n) is 38.5. The van der Waals surface area contributed by atoms with Crippen molar-refractivity contribution in [2.75, 3.05) is 59.5 Å². The summed E-state index contributed by atoms with van der Waals surface area (Å²) >= 11 is 0. The lowest BCUT2D eigenvalue weighted by atomic mass is 9.88. The predicted molar refractivity (Wildman–Crippen MR) is 490 cm³/mol. The molecule has 43 atom stereocenters. The Balaban J connectivity index is 1.07. The summed E-state index contributed by atoms with van der Waals surface area (Å²) in [5.74, 6) is -9.43. The summed E-state index contributed by atoms with van der Waals surface area (Å²) in [6, 6.07) is -8.50. The van der Waals surface area contributed by atoms with Crippen molar-refractivity contribution in [3.63, 3.8) is 0 Å². The summed E-state index contributed by atoms with van der Waals surface area (Å²) in [4.78, 5) is 78.4. The molecule has 144 heavy (non-hydrogen) atoms. The summed E-state index contributed by atoms with van der Waals surface area (Å²) in [6.45, 7) is -1.46. The molecule has 8 aliphatic heterocycles. The highest BCUT2D eigenvalue weighted by molar-refractivity contribution is 5.77. The van der Waals surface area contributed by atoms with Gasteiger partial charge in [0.15, 0.2) is 44.0 Å². The molecule has 0 spiro atoms. The Labute approximate surface area is 835 Å². The number of carboxylic acids is 1. The highest BCUT2D eigenvalue weighted by atomic mass is 16.8. The fraction of sp³-hybridized carbons (Fsp3) is 0.914. The number of unbranched alkanes of at least 4 members (excludes halogenated alkanes) is 23. The highest BCUT2D eigenvalue weighted by Gasteiger charge is 2.63. The molecule has 29 N–H and O–H groups in total. The molecule has 51 heteroatoms. The Morgan fingerprint density at radius 2 is 0.736 bits per heavy atom. The maximum Gasteiger partial charge on any atom is 0.364 e. The molecule has 0 radical (unpaired) electrons. The van der Waals surface area contributed by atoms with E-state index in [9.17, 15) is 151 Å². The second-order valence-corrected chi connectivity index (χ2v) is 38.5. The maximum atomic E-state index is 13.8. The van der Waals surface area contributed by atoms with E-state index in [0.29, 0.717) is 12.8 Å². The van der Waals surface area contributed by atoms with E-state index >= 15 is 0 Å². The van der Waals surface area contributed by atoms with Gasteiger partial charge in [0, 0.05) is 40.5 Å². The highest BCUT2D eigenvalue weighted by Crippen LogP contribution is 2.42. The van der Waals surface area contributed by atoms with Crippen molar-refractivity contribution in [2.24, 2.45) is 0 Å². The van der Waals surface area contributed by atoms with Crippen molar-refractivity contribution >= 4 is 35.5 Å². The normalized spacial score (nSPS) is 38.4. The topological polar surface area (TPSA) is 796 Å². The van der Waals surface area contributed by atoms with Gasteiger partial charge in [-0.1, -0.05) is 167 Å². The average Bonchev–Trinajstić information content (AvgIpc) is 0.746. The first-order valence-corrected chi connectivity index (χ1v) is 50.6. The summed E-state index contributed by atoms with van der Waals surface area (Å²) < 4.78 is 96.4. The first-order valence-electron chi connectivity index (χ1n) is 50.6. The van der Waals surface area contributed by atoms with Gasteiger partial charge < -0.3 is 225 Å². The molecular formula is C93H163N5O46. The van der Waals surface area contributed by atoms with E-state index in [1.807, 2.05) is 0 Å². The molecule has 8 heterocycles. The lowest BCUT2D eigenvalue weighted by Crippen LogP contribution is -2.71. The Morgan fingerprint density at radius 1 is 0.368 bits per heavy atom. The lowest BCUT2D eigenvalue weighted by Gasteiger charge is -2.51. The third-order valence-corrected chi connectivity index (χ3v) is 27.2. The number of aliphatic hydroxyl groups excluding tert-OH is 23. The summed E-state index contributed by atoms with van der Waals surface area (Å²) in [6.07, 6.45) is -49.9. The van der Waals surface area contributed by atoms with Crippen molar-refractivity contribution in [3.8, 4) is 0 Å². The molecule has 0 aromatic heterocycles. The number of nitrogens with one attached hydrogen (secondary N) is 5. The quantitative estimate of drug-likeness (QED) is 0.0199. The minimum absolute atomic E-state index is 0.0828. The largest absolute Gasteiger partial charge is 0.477 e. The predicted octanol–water partition coefficient (Wildman–Crippen LogP) is -8.06. The SMILES string of the molecule is CCCCCCCCCCCCC/C=C/[C@@H](O)[C@H](CO[C@@H]1OC(CO)[C@@H](O[C@@H]2OC(CO[C@@H]3OC(CO)[C@@H](O[C@@H]4OC(CO)[C@H](O)[C@H](O[C@]5(C(=O)O)CC(O)[C@@H](NC(C)=O)C([C@H](O)[C@H](O)CO)O5)C4O)[C@H](O)C3NC(C)=O)[C@H](O)[C@H](O[C@H]3OC(CO)[C@H](O)[C@H](O[C@@H]4OC(CO)[C@H](O)[C@H](O[C@H]5OC(CO)[C@H](O)[C@H](O)C5NC(C)=O)C4NC(C)=O)C3O)C2O)[C@H](O)C1O)NC(=O)CCCCCCCCCCCCCCC. The van der Waals surface area contributed by atoms with Crippen molar-refractivity contribution in [2.45, 2.75) is 478 Å². The number of carbonyl (C=O) groups excluding carboxylic acids is 5. The molecule has 8 fully saturated rings. The van der Waals surface area contributed by atoms with Gasteiger partial charge in [-0.3, -0.25) is 24.0 Å². The molecule has 8 aliphatic rings. The van der Waals surface area contributed by atoms with Crippen LogP contribution in [-0.2, 0) is 105 Å². The fourth-order valence-electron chi connectivity index (χ4n) is 19.1. The summed E-state index contributed by atoms with van der Waals surface area (Å²) in [7, 11) is 0. The lowest BCUT2D eigenvalue weighted by molar-refractivity contribution is -0.393. The zero-order valence-electron chi connectivity index (χ0n) is 82.6. The molecule has 51 nitrogen and oxygen atoms in total. The van der Waals surface area contributed by atoms with Crippen molar-refractivity contribution < 1.29 is 227 Å². The molecule has 836 valence electrons. The molecule has 0 saturated carbocycles. The molecule has 8 rings (SSSR count). The van der Waals surface area contributed by atoms with Gasteiger partial charge in [0.05, 0.1) is 83.8 Å². The van der Waals surface area contributed by atoms with E-state index in [0.717, 1.165) is 98.3 Å². The standard InChI is InChI=1S/C93H163N5O46/c1-7-9-11-13-15-17-19-21-23-25-27-29-31-33-50(110)49(98-60(113)34-32-30-28-26-24-22-20-18-16-14-12-10-8-2)43-129-88-74(123)73(122)79(58(42-105)136-88)139-90-76(125)83(142-89-75(124)82(68(117)55(39-102)133-89)141-87-64(97-48(6)109)80(67(116)54(38-101)132-87)140-86-62(95-46(4)107)71(120)66(115)53(37-100)131-86)70(119)59(137-90)44-130-85-63(96-47(5)108)72(121)78(57(41-104)135-85)138-91-77(126)84(69(118)56(40-103)134-91)144-93(92(127)128)35-51(111)61(94-45(3)106)81(143-93)65(114)52(112)36-99/h31,33,49-59,61-91,99-105,110-112,114-126H,7-30,32,34-44H2,1-6H3,(H,94,106)(H,95,107)(H,96,108)(H,97,109)(H,98,113)(H,127,128)/b33-31+/t49-,50+,51?,52+,53?,54?,55?,56?,57?,58?,59?,61+,62?,63?,64?,65+,66-,67-,68-,69-,70-,71+,72+,73+,74?,75?,76?,77?,78+,79+,80+,81?,82-,83-,84-,85+,86+,87-,88+,89+,90-,91-,93-/m0/s1. The van der Waals surface area contributed by atoms with Gasteiger partial charge in [0.2, 0.25) is 29.5 Å². The van der Waals surface area contributed by atoms with E-state index in [1.165, 1.54) is 83.1 Å². The summed E-state index contributed by atoms with van der Waals surface area (Å²) in [5.41, 5.74) is 0. The van der Waals surface area contributed by atoms with Crippen LogP contribution in [0.25, 0.3) is 0 Å². The molecule has 0 bridgehead atoms. The van der Waals surface area contributed by atoms with E-state index in [2.05, 4.69) is 40.4 Å². The van der Waals surface area contributed by atoms with Gasteiger partial charge >= 0.3 is 5.97 Å². The van der Waals surface area contributed by atoms with Gasteiger partial charge in [0.25, 0.3) is 5.79 Å². The first-order chi connectivity index (χ1) is 68.7. The number of aliphatic carboxylic acids is 1. The molecule has 8 saturated heterocycles. The number of carboxylic acid groups (broad SMARTS) is 1. The summed E-state index contributed by atoms with van der Waals surface area (Å²) in [5, 5.41) is 286. The number of aliphatic hydroxyl groups is 23. The van der Waals surface area contributed by atoms with Gasteiger partial charge in [-0.25, -0.2) is 4.79 Å². The zero-order valence-corrected chi connectivity index (χ0v) is 82.6. The monoisotopic (exact) mass is 2090 g/mol. The van der Waals surface area contributed by atoms with Gasteiger partial charge in [-0.15, -0.1) is 0 Å². The number of ether oxygens (including phenoxy) is 16. The number of amides is 5. The first kappa shape index (κ1) is 124. The molecule has 0 aromatic carbocycles. The second kappa shape index (κ2) is 62.2. The Hall–Kier alpha value is -5.00. The van der Waals surface area contributed by atoms with Crippen LogP contribution in [0.3, 0.4) is 0 Å². The Kier molecular flexibility index (Phi) is 53.7. The zero-order chi connectivity index (χ0) is 106. The molecule has 0 aromatic rings. The molecule has 0 aliphatic carbocycles. The van der Waals surface area contributed by atoms with Crippen LogP contribution in [-0.4, -0.2) is 481 Å². The number of carbonyl (C=O) groups is 6. The van der Waals surface area contributed by atoms with Crippen molar-refractivity contribution in [1.29, 1.82) is 0 Å². The van der Waals surface area contributed by atoms with E-state index < -0.39 is 365 Å². The van der Waals surface area contributed by atoms with Crippen LogP contribution in [0.5, 0.6) is 0 Å². The third kappa shape index (κ3) is 34.8. The van der Waals surface area contributed by atoms with E-state index in [1.54, 1.807) is 6.08 Å². The minimum atomic E-state index is -3.28. The van der Waals surface area contributed by atoms with Crippen LogP contribution in [0.15, 0.2) is 12.2 Å². The van der Waals surface area contributed by atoms with Gasteiger partial charge in [-0.05, 0) is 19.3 Å². The average molecular weight is 2090 g/mol. The Bertz CT molecular complexity index is 3740. The number of allylic oxidation sites excluding steroid dienone is 1. The maximum absolute atomic E-state index is 13.8. The van der Waals surface area contributed by atoms with E-state index in [4.69, 9.17) is 75.8 Å². The van der Waals surface area contributed by atoms with Crippen LogP contribution in [0.4, 0.5) is 0 Å². The number of hydrogen-bond donors (Lipinski definition) is 29. The van der Waals surface area contributed by atoms with Crippen LogP contribution in [0, 0.1) is 0 Å². The van der Waals surface area contributed by atoms with Gasteiger partial charge in [-0.2, -0.15) is 0 Å². The number of rotatable bonds is 61. The third-order valence-electron chi connectivity index (χ3n) is 27.2. The van der Waals surface area contributed by atoms with Gasteiger partial charge in [0.1, 0.15) is 189 Å². The minimum Gasteiger partial charge on any atom is -0.477 e. The van der Waals surface area contributed by atoms with Crippen molar-refractivity contribution in [3.05, 3.63) is 12.2 Å². The van der Waals surface area contributed by atoms with Crippen LogP contribution in [0.2, 0.25) is 0 Å².